The van der Waals surface area contributed by atoms with Gasteiger partial charge in [0.1, 0.15) is 0 Å². The summed E-state index contributed by atoms with van der Waals surface area (Å²) in [5, 5.41) is 11.0. The number of ether oxygens (including phenoxy) is 1. The van der Waals surface area contributed by atoms with Crippen molar-refractivity contribution in [2.45, 2.75) is 14.8 Å². The third-order valence-corrected chi connectivity index (χ3v) is 9.32. The van der Waals surface area contributed by atoms with Gasteiger partial charge in [-0.05, 0) is 0 Å². The molecule has 1 aliphatic heterocycles. The van der Waals surface area contributed by atoms with Crippen LogP contribution in [0.15, 0.2) is 89.8 Å². The second-order valence-electron chi connectivity index (χ2n) is 6.52. The van der Waals surface area contributed by atoms with Gasteiger partial charge in [0.25, 0.3) is 0 Å². The zero-order valence-electron chi connectivity index (χ0n) is 16.0. The van der Waals surface area contributed by atoms with Gasteiger partial charge in [0.15, 0.2) is 0 Å². The fourth-order valence-electron chi connectivity index (χ4n) is 3.29. The first-order chi connectivity index (χ1) is 14.5. The van der Waals surface area contributed by atoms with Gasteiger partial charge in [0, 0.05) is 0 Å². The molecule has 3 aromatic rings. The zero-order valence-corrected chi connectivity index (χ0v) is 18.5. The number of thioether (sulfide) groups is 1. The van der Waals surface area contributed by atoms with Crippen LogP contribution in [-0.2, 0) is 9.53 Å². The van der Waals surface area contributed by atoms with Gasteiger partial charge in [-0.1, -0.05) is 0 Å². The van der Waals surface area contributed by atoms with Crippen LogP contribution in [0, 0.1) is 10.1 Å². The number of hydrogen-bond donors (Lipinski definition) is 0. The van der Waals surface area contributed by atoms with Crippen molar-refractivity contribution in [1.29, 1.82) is 0 Å². The second-order valence-corrected chi connectivity index (χ2v) is 11.1. The van der Waals surface area contributed by atoms with Gasteiger partial charge < -0.3 is 0 Å². The molecule has 3 aromatic carbocycles. The monoisotopic (exact) mass is 486 g/mol. The number of nitro groups is 1. The number of methoxy groups -OCH3 is 1. The maximum atomic E-state index is 13.1. The fraction of sp³-hybridized carbons (Fsp3) is 0.136. The van der Waals surface area contributed by atoms with Gasteiger partial charge in [0.05, 0.1) is 0 Å². The van der Waals surface area contributed by atoms with Crippen molar-refractivity contribution in [2.75, 3.05) is 12.0 Å². The molecule has 1 saturated heterocycles. The first-order valence-corrected chi connectivity index (χ1v) is 11.7. The van der Waals surface area contributed by atoms with E-state index in [1.165, 1.54) is 12.1 Å². The van der Waals surface area contributed by atoms with E-state index in [1.54, 1.807) is 35.9 Å². The third kappa shape index (κ3) is 3.75. The predicted octanol–water partition coefficient (Wildman–Crippen LogP) is 3.43. The zero-order chi connectivity index (χ0) is 21.1. The maximum absolute atomic E-state index is 13.1. The van der Waals surface area contributed by atoms with Crippen LogP contribution in [0.4, 0.5) is 11.4 Å². The number of benzene rings is 3. The van der Waals surface area contributed by atoms with Gasteiger partial charge in [-0.2, -0.15) is 0 Å². The van der Waals surface area contributed by atoms with Crippen LogP contribution < -0.4 is 9.36 Å². The number of carbonyl (C=O) groups is 1. The number of β-lactam (4-membered cyclic amide) rings is 1. The van der Waals surface area contributed by atoms with Crippen molar-refractivity contribution < 1.29 is 14.5 Å². The Bertz CT molecular complexity index is 1010. The van der Waals surface area contributed by atoms with Crippen LogP contribution in [-0.4, -0.2) is 42.8 Å². The number of nitro benzene ring substituents is 1. The van der Waals surface area contributed by atoms with Gasteiger partial charge in [-0.3, -0.25) is 0 Å². The van der Waals surface area contributed by atoms with Crippen LogP contribution in [0.1, 0.15) is 0 Å². The molecule has 0 aromatic heterocycles. The molecule has 1 aliphatic rings. The Morgan fingerprint density at radius 2 is 1.60 bits per heavy atom. The summed E-state index contributed by atoms with van der Waals surface area (Å²) in [6, 6.07) is 26.0. The molecule has 1 heterocycles. The first kappa shape index (κ1) is 20.6. The molecule has 2 unspecified atom stereocenters. The van der Waals surface area contributed by atoms with Gasteiger partial charge in [0.2, 0.25) is 0 Å². The van der Waals surface area contributed by atoms with Crippen LogP contribution >= 0.6 is 11.8 Å². The summed E-state index contributed by atoms with van der Waals surface area (Å²) in [5.74, 6) is -0.146. The van der Waals surface area contributed by atoms with Crippen molar-refractivity contribution in [3.05, 3.63) is 95.0 Å². The molecule has 0 aliphatic carbocycles. The number of anilines is 1. The van der Waals surface area contributed by atoms with E-state index in [2.05, 4.69) is 12.1 Å². The van der Waals surface area contributed by atoms with Crippen molar-refractivity contribution >= 4 is 48.5 Å². The van der Waals surface area contributed by atoms with E-state index >= 15 is 0 Å². The molecule has 0 spiro atoms. The molecule has 152 valence electrons. The first-order valence-electron chi connectivity index (χ1n) is 9.14. The molecule has 30 heavy (non-hydrogen) atoms. The average molecular weight is 485 g/mol. The quantitative estimate of drug-likeness (QED) is 0.222. The Kier molecular flexibility index (Phi) is 5.92. The van der Waals surface area contributed by atoms with E-state index in [9.17, 15) is 14.9 Å². The number of non-ortho nitro benzene ring substituents is 1. The van der Waals surface area contributed by atoms with Gasteiger partial charge in [-0.15, -0.1) is 0 Å². The third-order valence-electron chi connectivity index (χ3n) is 4.66. The Hall–Kier alpha value is -2.64. The Balaban J connectivity index is 1.79. The van der Waals surface area contributed by atoms with E-state index < -0.39 is 14.8 Å². The van der Waals surface area contributed by atoms with Gasteiger partial charge in [-0.25, -0.2) is 0 Å². The summed E-state index contributed by atoms with van der Waals surface area (Å²) in [7, 11) is 1.55. The van der Waals surface area contributed by atoms with Crippen molar-refractivity contribution in [3.63, 3.8) is 0 Å². The summed E-state index contributed by atoms with van der Waals surface area (Å²) in [6.07, 6.45) is -0.613. The number of hydrogen-bond acceptors (Lipinski definition) is 5. The van der Waals surface area contributed by atoms with E-state index in [-0.39, 0.29) is 26.6 Å². The summed E-state index contributed by atoms with van der Waals surface area (Å²) in [5.41, 5.74) is 0.616. The Morgan fingerprint density at radius 1 is 1.00 bits per heavy atom. The topological polar surface area (TPSA) is 72.7 Å². The molecule has 0 radical (unpaired) electrons. The second kappa shape index (κ2) is 8.61. The minimum atomic E-state index is -0.655. The fourth-order valence-corrected chi connectivity index (χ4v) is 8.49. The van der Waals surface area contributed by atoms with E-state index in [0.717, 1.165) is 9.36 Å². The average Bonchev–Trinajstić information content (AvgIpc) is 2.76. The molecule has 0 saturated carbocycles. The standard InChI is InChI=1S/C22H18N2O4SSe/c1-28-20-21(25)23(16-12-14-17(15-13-16)24(26)27)22(20,29-18-8-4-2-5-9-18)30-19-10-6-3-7-11-19/h2-15,20H,1H3. The van der Waals surface area contributed by atoms with E-state index in [4.69, 9.17) is 4.74 Å². The summed E-state index contributed by atoms with van der Waals surface area (Å²) in [6.45, 7) is 0. The Morgan fingerprint density at radius 3 is 2.17 bits per heavy atom. The number of nitrogens with zero attached hydrogens (tertiary/aromatic N) is 2. The van der Waals surface area contributed by atoms with Crippen molar-refractivity contribution in [2.24, 2.45) is 0 Å². The summed E-state index contributed by atoms with van der Waals surface area (Å²) < 4.78 is 6.15. The molecule has 8 heteroatoms. The number of carbonyl (C=O) groups excluding carboxylic acids is 1. The normalized spacial score (nSPS) is 20.6. The van der Waals surface area contributed by atoms with Crippen LogP contribution in [0.5, 0.6) is 0 Å². The molecule has 1 amide bonds. The molecular weight excluding hydrogens is 467 g/mol. The predicted molar refractivity (Wildman–Crippen MR) is 118 cm³/mol. The molecule has 6 nitrogen and oxygen atoms in total. The van der Waals surface area contributed by atoms with Gasteiger partial charge >= 0.3 is 185 Å². The molecule has 2 atom stereocenters. The molecule has 0 N–H and O–H groups in total. The summed E-state index contributed by atoms with van der Waals surface area (Å²) in [4.78, 5) is 26.4. The van der Waals surface area contributed by atoms with Crippen LogP contribution in [0.25, 0.3) is 0 Å². The molecular formula is C22H18N2O4SSe. The van der Waals surface area contributed by atoms with E-state index in [1.807, 2.05) is 48.5 Å². The SMILES string of the molecule is COC1C(=O)N(c2ccc([N+](=O)[O-])cc2)C1(Sc1ccccc1)[Se]c1ccccc1. The minimum absolute atomic E-state index is 0.00936. The molecule has 1 fully saturated rings. The van der Waals surface area contributed by atoms with Crippen molar-refractivity contribution in [1.82, 2.24) is 0 Å². The summed E-state index contributed by atoms with van der Waals surface area (Å²) >= 11 is 1.43. The Labute approximate surface area is 184 Å². The molecule has 4 rings (SSSR count). The molecule has 0 bridgehead atoms. The number of rotatable bonds is 7. The van der Waals surface area contributed by atoms with Crippen LogP contribution in [0.2, 0.25) is 0 Å². The van der Waals surface area contributed by atoms with E-state index in [0.29, 0.717) is 5.69 Å². The number of amides is 1. The van der Waals surface area contributed by atoms with Crippen molar-refractivity contribution in [3.8, 4) is 0 Å². The van der Waals surface area contributed by atoms with Crippen LogP contribution in [0.3, 0.4) is 0 Å².